The summed E-state index contributed by atoms with van der Waals surface area (Å²) in [5, 5.41) is 3.58. The molecule has 0 saturated heterocycles. The van der Waals surface area contributed by atoms with E-state index < -0.39 is 0 Å². The van der Waals surface area contributed by atoms with Crippen LogP contribution in [0.2, 0.25) is 0 Å². The average molecular weight is 247 g/mol. The second-order valence-corrected chi connectivity index (χ2v) is 5.08. The first-order valence-electron chi connectivity index (χ1n) is 7.29. The molecule has 0 heterocycles. The van der Waals surface area contributed by atoms with Crippen molar-refractivity contribution in [2.75, 3.05) is 6.54 Å². The number of hydrogen-bond acceptors (Lipinski definition) is 2. The third-order valence-corrected chi connectivity index (χ3v) is 3.78. The Bertz CT molecular complexity index is 334. The summed E-state index contributed by atoms with van der Waals surface area (Å²) in [7, 11) is 0. The van der Waals surface area contributed by atoms with E-state index in [1.165, 1.54) is 24.8 Å². The fraction of sp³-hybridized carbons (Fsp3) is 0.625. The van der Waals surface area contributed by atoms with Gasteiger partial charge in [0.25, 0.3) is 0 Å². The topological polar surface area (TPSA) is 21.3 Å². The highest BCUT2D eigenvalue weighted by Gasteiger charge is 2.27. The summed E-state index contributed by atoms with van der Waals surface area (Å²) in [6.07, 6.45) is 5.66. The number of nitrogens with one attached hydrogen (secondary N) is 1. The molecule has 100 valence electrons. The largest absolute Gasteiger partial charge is 0.373 e. The van der Waals surface area contributed by atoms with E-state index in [4.69, 9.17) is 4.74 Å². The first-order chi connectivity index (χ1) is 8.85. The van der Waals surface area contributed by atoms with Crippen molar-refractivity contribution < 1.29 is 4.74 Å². The van der Waals surface area contributed by atoms with Gasteiger partial charge in [-0.15, -0.1) is 0 Å². The van der Waals surface area contributed by atoms with E-state index in [-0.39, 0.29) is 6.10 Å². The standard InChI is InChI=1S/C16H25NO/c1-3-15(18-14-11-8-12-14)16(17-4-2)13-9-6-5-7-10-13/h5-7,9-10,14-17H,3-4,8,11-12H2,1-2H3. The molecule has 0 aromatic heterocycles. The van der Waals surface area contributed by atoms with Gasteiger partial charge in [-0.05, 0) is 37.8 Å². The predicted molar refractivity (Wildman–Crippen MR) is 75.7 cm³/mol. The van der Waals surface area contributed by atoms with Crippen LogP contribution in [0.3, 0.4) is 0 Å². The molecule has 0 bridgehead atoms. The molecular weight excluding hydrogens is 222 g/mol. The molecule has 2 unspecified atom stereocenters. The number of likely N-dealkylation sites (N-methyl/N-ethyl adjacent to an activating group) is 1. The van der Waals surface area contributed by atoms with Gasteiger partial charge in [-0.1, -0.05) is 44.2 Å². The van der Waals surface area contributed by atoms with Crippen LogP contribution in [0.4, 0.5) is 0 Å². The molecule has 1 saturated carbocycles. The lowest BCUT2D eigenvalue weighted by molar-refractivity contribution is -0.0680. The summed E-state index contributed by atoms with van der Waals surface area (Å²) >= 11 is 0. The van der Waals surface area contributed by atoms with Crippen LogP contribution in [-0.4, -0.2) is 18.8 Å². The number of rotatable bonds is 7. The Kier molecular flexibility index (Phi) is 5.21. The molecule has 0 aliphatic heterocycles. The van der Waals surface area contributed by atoms with E-state index in [1.807, 2.05) is 0 Å². The maximum absolute atomic E-state index is 6.24. The summed E-state index contributed by atoms with van der Waals surface area (Å²) in [6.45, 7) is 5.35. The summed E-state index contributed by atoms with van der Waals surface area (Å²) in [6, 6.07) is 11.0. The van der Waals surface area contributed by atoms with Crippen molar-refractivity contribution in [1.82, 2.24) is 5.32 Å². The predicted octanol–water partition coefficient (Wildman–Crippen LogP) is 3.68. The lowest BCUT2D eigenvalue weighted by Gasteiger charge is -2.35. The van der Waals surface area contributed by atoms with Crippen LogP contribution < -0.4 is 5.32 Å². The molecule has 0 amide bonds. The summed E-state index contributed by atoms with van der Waals surface area (Å²) < 4.78 is 6.24. The van der Waals surface area contributed by atoms with Crippen molar-refractivity contribution in [3.63, 3.8) is 0 Å². The normalized spacial score (nSPS) is 19.2. The third kappa shape index (κ3) is 3.33. The lowest BCUT2D eigenvalue weighted by Crippen LogP contribution is -2.37. The molecule has 1 aromatic rings. The average Bonchev–Trinajstić information content (AvgIpc) is 2.37. The van der Waals surface area contributed by atoms with Crippen molar-refractivity contribution in [3.8, 4) is 0 Å². The van der Waals surface area contributed by atoms with Crippen LogP contribution in [0.1, 0.15) is 51.1 Å². The lowest BCUT2D eigenvalue weighted by atomic mass is 9.94. The van der Waals surface area contributed by atoms with Crippen LogP contribution in [0, 0.1) is 0 Å². The smallest absolute Gasteiger partial charge is 0.0770 e. The van der Waals surface area contributed by atoms with Gasteiger partial charge in [0, 0.05) is 0 Å². The fourth-order valence-corrected chi connectivity index (χ4v) is 2.51. The van der Waals surface area contributed by atoms with Gasteiger partial charge in [-0.2, -0.15) is 0 Å². The Labute approximate surface area is 111 Å². The Balaban J connectivity index is 2.06. The SMILES string of the molecule is CCNC(c1ccccc1)C(CC)OC1CCC1. The summed E-state index contributed by atoms with van der Waals surface area (Å²) in [4.78, 5) is 0. The van der Waals surface area contributed by atoms with Crippen LogP contribution in [-0.2, 0) is 4.74 Å². The molecule has 2 heteroatoms. The van der Waals surface area contributed by atoms with Gasteiger partial charge in [0.15, 0.2) is 0 Å². The maximum atomic E-state index is 6.24. The van der Waals surface area contributed by atoms with E-state index >= 15 is 0 Å². The first kappa shape index (κ1) is 13.6. The summed E-state index contributed by atoms with van der Waals surface area (Å²) in [5.74, 6) is 0. The van der Waals surface area contributed by atoms with Crippen molar-refractivity contribution in [2.24, 2.45) is 0 Å². The van der Waals surface area contributed by atoms with Crippen molar-refractivity contribution in [3.05, 3.63) is 35.9 Å². The second kappa shape index (κ2) is 6.91. The van der Waals surface area contributed by atoms with Gasteiger partial charge >= 0.3 is 0 Å². The van der Waals surface area contributed by atoms with Gasteiger partial charge < -0.3 is 10.1 Å². The molecule has 1 N–H and O–H groups in total. The van der Waals surface area contributed by atoms with Crippen LogP contribution in [0.5, 0.6) is 0 Å². The fourth-order valence-electron chi connectivity index (χ4n) is 2.51. The highest BCUT2D eigenvalue weighted by atomic mass is 16.5. The minimum atomic E-state index is 0.289. The Morgan fingerprint density at radius 1 is 1.22 bits per heavy atom. The van der Waals surface area contributed by atoms with Crippen molar-refractivity contribution in [1.29, 1.82) is 0 Å². The van der Waals surface area contributed by atoms with E-state index in [1.54, 1.807) is 0 Å². The first-order valence-corrected chi connectivity index (χ1v) is 7.29. The van der Waals surface area contributed by atoms with Gasteiger partial charge in [-0.25, -0.2) is 0 Å². The molecule has 18 heavy (non-hydrogen) atoms. The molecule has 2 nitrogen and oxygen atoms in total. The molecule has 2 rings (SSSR count). The minimum absolute atomic E-state index is 0.289. The van der Waals surface area contributed by atoms with Crippen LogP contribution >= 0.6 is 0 Å². The number of ether oxygens (including phenoxy) is 1. The van der Waals surface area contributed by atoms with Gasteiger partial charge in [0.05, 0.1) is 18.2 Å². The molecular formula is C16H25NO. The van der Waals surface area contributed by atoms with Gasteiger partial charge in [0.1, 0.15) is 0 Å². The zero-order valence-corrected chi connectivity index (χ0v) is 11.6. The Morgan fingerprint density at radius 3 is 2.44 bits per heavy atom. The van der Waals surface area contributed by atoms with Gasteiger partial charge in [-0.3, -0.25) is 0 Å². The Hall–Kier alpha value is -0.860. The van der Waals surface area contributed by atoms with E-state index in [0.717, 1.165) is 13.0 Å². The van der Waals surface area contributed by atoms with E-state index in [9.17, 15) is 0 Å². The minimum Gasteiger partial charge on any atom is -0.373 e. The third-order valence-electron chi connectivity index (χ3n) is 3.78. The molecule has 1 aliphatic carbocycles. The highest BCUT2D eigenvalue weighted by Crippen LogP contribution is 2.29. The molecule has 0 spiro atoms. The van der Waals surface area contributed by atoms with Gasteiger partial charge in [0.2, 0.25) is 0 Å². The zero-order valence-electron chi connectivity index (χ0n) is 11.6. The van der Waals surface area contributed by atoms with Crippen LogP contribution in [0.25, 0.3) is 0 Å². The molecule has 2 atom stereocenters. The molecule has 1 aromatic carbocycles. The van der Waals surface area contributed by atoms with Crippen LogP contribution in [0.15, 0.2) is 30.3 Å². The van der Waals surface area contributed by atoms with Crippen molar-refractivity contribution in [2.45, 2.75) is 57.8 Å². The molecule has 1 aliphatic rings. The maximum Gasteiger partial charge on any atom is 0.0770 e. The summed E-state index contributed by atoms with van der Waals surface area (Å²) in [5.41, 5.74) is 1.34. The number of benzene rings is 1. The Morgan fingerprint density at radius 2 is 1.94 bits per heavy atom. The molecule has 1 fully saturated rings. The van der Waals surface area contributed by atoms with E-state index in [0.29, 0.717) is 12.1 Å². The zero-order chi connectivity index (χ0) is 12.8. The quantitative estimate of drug-likeness (QED) is 0.793. The number of hydrogen-bond donors (Lipinski definition) is 1. The highest BCUT2D eigenvalue weighted by molar-refractivity contribution is 5.20. The molecule has 0 radical (unpaired) electrons. The second-order valence-electron chi connectivity index (χ2n) is 5.08. The monoisotopic (exact) mass is 247 g/mol. The van der Waals surface area contributed by atoms with Crippen molar-refractivity contribution >= 4 is 0 Å². The van der Waals surface area contributed by atoms with E-state index in [2.05, 4.69) is 49.5 Å².